The number of aromatic nitrogens is 3. The number of ether oxygens (including phenoxy) is 2. The summed E-state index contributed by atoms with van der Waals surface area (Å²) in [6.45, 7) is 2.78. The molecule has 3 heterocycles. The van der Waals surface area contributed by atoms with Gasteiger partial charge in [0.1, 0.15) is 0 Å². The molecule has 1 amide bonds. The fraction of sp³-hybridized carbons (Fsp3) is 0.286. The van der Waals surface area contributed by atoms with Crippen LogP contribution >= 0.6 is 0 Å². The summed E-state index contributed by atoms with van der Waals surface area (Å²) >= 11 is 0. The Bertz CT molecular complexity index is 1940. The van der Waals surface area contributed by atoms with Gasteiger partial charge in [0.25, 0.3) is 5.91 Å². The molecule has 1 unspecified atom stereocenters. The lowest BCUT2D eigenvalue weighted by Crippen LogP contribution is -2.33. The maximum atomic E-state index is 14.7. The van der Waals surface area contributed by atoms with E-state index in [1.54, 1.807) is 25.0 Å². The van der Waals surface area contributed by atoms with Gasteiger partial charge in [0, 0.05) is 18.7 Å². The quantitative estimate of drug-likeness (QED) is 0.197. The molecular weight excluding hydrogens is 588 g/mol. The van der Waals surface area contributed by atoms with Crippen molar-refractivity contribution in [2.24, 2.45) is 0 Å². The van der Waals surface area contributed by atoms with E-state index in [0.29, 0.717) is 65.4 Å². The van der Waals surface area contributed by atoms with E-state index in [1.807, 2.05) is 78.6 Å². The van der Waals surface area contributed by atoms with Crippen LogP contribution in [0.15, 0.2) is 84.9 Å². The molecule has 1 aliphatic heterocycles. The third-order valence-electron chi connectivity index (χ3n) is 8.32. The minimum absolute atomic E-state index is 0.00796. The fourth-order valence-corrected chi connectivity index (χ4v) is 7.68. The van der Waals surface area contributed by atoms with E-state index in [2.05, 4.69) is 12.1 Å². The second kappa shape index (κ2) is 12.7. The van der Waals surface area contributed by atoms with Gasteiger partial charge in [0.15, 0.2) is 27.0 Å². The Hall–Kier alpha value is -4.70. The molecule has 0 saturated carbocycles. The van der Waals surface area contributed by atoms with Gasteiger partial charge in [-0.25, -0.2) is 18.1 Å². The van der Waals surface area contributed by atoms with Crippen LogP contribution in [0.1, 0.15) is 39.6 Å². The number of hydrogen-bond acceptors (Lipinski definition) is 7. The highest BCUT2D eigenvalue weighted by molar-refractivity contribution is 7.91. The lowest BCUT2D eigenvalue weighted by atomic mass is 10.0. The molecule has 45 heavy (non-hydrogen) atoms. The highest BCUT2D eigenvalue weighted by Crippen LogP contribution is 2.36. The van der Waals surface area contributed by atoms with Crippen LogP contribution in [0, 0.1) is 6.92 Å². The maximum absolute atomic E-state index is 14.7. The summed E-state index contributed by atoms with van der Waals surface area (Å²) in [4.78, 5) is 21.6. The second-order valence-electron chi connectivity index (χ2n) is 11.4. The number of sulfone groups is 1. The third kappa shape index (κ3) is 6.42. The molecule has 0 radical (unpaired) electrons. The smallest absolute Gasteiger partial charge is 0.255 e. The van der Waals surface area contributed by atoms with E-state index in [4.69, 9.17) is 19.6 Å². The molecule has 9 nitrogen and oxygen atoms in total. The van der Waals surface area contributed by atoms with Gasteiger partial charge in [-0.3, -0.25) is 4.79 Å². The highest BCUT2D eigenvalue weighted by atomic mass is 32.2. The van der Waals surface area contributed by atoms with Gasteiger partial charge < -0.3 is 14.4 Å². The SMILES string of the molecule is COc1ccc(-c2cc(C(=O)N(CCc3ccccc3)Cc3ccccc3)c3c(C)nn(C4CCS(=O)(=O)C4)c3n2)cc1OC. The first kappa shape index (κ1) is 30.3. The van der Waals surface area contributed by atoms with Crippen molar-refractivity contribution in [3.8, 4) is 22.8 Å². The lowest BCUT2D eigenvalue weighted by Gasteiger charge is -2.24. The van der Waals surface area contributed by atoms with Crippen molar-refractivity contribution < 1.29 is 22.7 Å². The molecule has 0 bridgehead atoms. The van der Waals surface area contributed by atoms with Crippen LogP contribution in [0.3, 0.4) is 0 Å². The molecule has 1 fully saturated rings. The summed E-state index contributed by atoms with van der Waals surface area (Å²) in [5, 5.41) is 5.42. The zero-order valence-electron chi connectivity index (χ0n) is 25.6. The van der Waals surface area contributed by atoms with Gasteiger partial charge in [-0.1, -0.05) is 60.7 Å². The van der Waals surface area contributed by atoms with Crippen LogP contribution in [-0.4, -0.2) is 66.3 Å². The number of carbonyl (C=O) groups excluding carboxylic acids is 1. The number of pyridine rings is 1. The summed E-state index contributed by atoms with van der Waals surface area (Å²) in [6, 6.07) is 27.0. The number of hydrogen-bond donors (Lipinski definition) is 0. The predicted octanol–water partition coefficient (Wildman–Crippen LogP) is 5.67. The van der Waals surface area contributed by atoms with Gasteiger partial charge in [-0.05, 0) is 55.2 Å². The van der Waals surface area contributed by atoms with Crippen molar-refractivity contribution in [3.05, 3.63) is 107 Å². The van der Waals surface area contributed by atoms with Gasteiger partial charge in [0.05, 0.1) is 54.1 Å². The zero-order chi connectivity index (χ0) is 31.6. The minimum Gasteiger partial charge on any atom is -0.493 e. The molecule has 2 aromatic heterocycles. The van der Waals surface area contributed by atoms with Crippen LogP contribution < -0.4 is 9.47 Å². The van der Waals surface area contributed by atoms with Crippen molar-refractivity contribution in [2.45, 2.75) is 32.4 Å². The van der Waals surface area contributed by atoms with Crippen LogP contribution in [0.5, 0.6) is 11.5 Å². The van der Waals surface area contributed by atoms with E-state index in [9.17, 15) is 13.2 Å². The van der Waals surface area contributed by atoms with E-state index < -0.39 is 9.84 Å². The molecule has 1 aliphatic rings. The van der Waals surface area contributed by atoms with E-state index in [1.165, 1.54) is 0 Å². The fourth-order valence-electron chi connectivity index (χ4n) is 5.98. The number of amides is 1. The number of methoxy groups -OCH3 is 2. The topological polar surface area (TPSA) is 104 Å². The molecule has 6 rings (SSSR count). The summed E-state index contributed by atoms with van der Waals surface area (Å²) in [5.74, 6) is 1.05. The summed E-state index contributed by atoms with van der Waals surface area (Å²) in [5.41, 5.74) is 5.04. The zero-order valence-corrected chi connectivity index (χ0v) is 26.5. The molecule has 0 N–H and O–H groups in total. The highest BCUT2D eigenvalue weighted by Gasteiger charge is 2.33. The van der Waals surface area contributed by atoms with E-state index in [0.717, 1.165) is 16.7 Å². The largest absolute Gasteiger partial charge is 0.493 e. The normalized spacial score (nSPS) is 15.7. The van der Waals surface area contributed by atoms with Gasteiger partial charge in [-0.15, -0.1) is 0 Å². The number of rotatable bonds is 10. The number of benzene rings is 3. The number of carbonyl (C=O) groups is 1. The standard InChI is InChI=1S/C35H36N4O5S/c1-24-33-29(35(40)38(22-26-12-8-5-9-13-26)18-16-25-10-6-4-7-11-25)21-30(27-14-15-31(43-2)32(20-27)44-3)36-34(33)39(37-24)28-17-19-45(41,42)23-28/h4-15,20-21,28H,16-19,22-23H2,1-3H3. The molecule has 3 aromatic carbocycles. The molecule has 1 saturated heterocycles. The van der Waals surface area contributed by atoms with Crippen molar-refractivity contribution >= 4 is 26.8 Å². The number of fused-ring (bicyclic) bond motifs is 1. The Morgan fingerprint density at radius 2 is 1.62 bits per heavy atom. The minimum atomic E-state index is -3.18. The first-order valence-electron chi connectivity index (χ1n) is 15.0. The average molecular weight is 625 g/mol. The molecule has 0 aliphatic carbocycles. The molecule has 1 atom stereocenters. The molecule has 10 heteroatoms. The molecular formula is C35H36N4O5S. The van der Waals surface area contributed by atoms with Gasteiger partial charge >= 0.3 is 0 Å². The van der Waals surface area contributed by atoms with Gasteiger partial charge in [0.2, 0.25) is 0 Å². The van der Waals surface area contributed by atoms with Crippen LogP contribution in [0.2, 0.25) is 0 Å². The van der Waals surface area contributed by atoms with Crippen molar-refractivity contribution in [1.29, 1.82) is 0 Å². The van der Waals surface area contributed by atoms with Crippen LogP contribution in [0.25, 0.3) is 22.3 Å². The summed E-state index contributed by atoms with van der Waals surface area (Å²) < 4.78 is 37.6. The van der Waals surface area contributed by atoms with E-state index in [-0.39, 0.29) is 23.5 Å². The molecule has 5 aromatic rings. The average Bonchev–Trinajstić information content (AvgIpc) is 3.60. The summed E-state index contributed by atoms with van der Waals surface area (Å²) in [7, 11) is -0.0388. The molecule has 232 valence electrons. The Morgan fingerprint density at radius 3 is 2.27 bits per heavy atom. The first-order valence-corrected chi connectivity index (χ1v) is 16.8. The van der Waals surface area contributed by atoms with Crippen LogP contribution in [0.4, 0.5) is 0 Å². The lowest BCUT2D eigenvalue weighted by molar-refractivity contribution is 0.0747. The Labute approximate surface area is 263 Å². The van der Waals surface area contributed by atoms with Crippen LogP contribution in [-0.2, 0) is 22.8 Å². The predicted molar refractivity (Wildman–Crippen MR) is 174 cm³/mol. The van der Waals surface area contributed by atoms with Crippen molar-refractivity contribution in [2.75, 3.05) is 32.3 Å². The van der Waals surface area contributed by atoms with Crippen molar-refractivity contribution in [1.82, 2.24) is 19.7 Å². The Kier molecular flexibility index (Phi) is 8.58. The van der Waals surface area contributed by atoms with Gasteiger partial charge in [-0.2, -0.15) is 5.10 Å². The Balaban J connectivity index is 1.50. The van der Waals surface area contributed by atoms with E-state index >= 15 is 0 Å². The summed E-state index contributed by atoms with van der Waals surface area (Å²) in [6.07, 6.45) is 1.13. The monoisotopic (exact) mass is 624 g/mol. The maximum Gasteiger partial charge on any atom is 0.255 e. The van der Waals surface area contributed by atoms with Crippen molar-refractivity contribution in [3.63, 3.8) is 0 Å². The first-order chi connectivity index (χ1) is 21.8. The third-order valence-corrected chi connectivity index (χ3v) is 10.1. The Morgan fingerprint density at radius 1 is 0.933 bits per heavy atom. The number of aryl methyl sites for hydroxylation is 1. The molecule has 0 spiro atoms. The number of nitrogens with zero attached hydrogens (tertiary/aromatic N) is 4. The second-order valence-corrected chi connectivity index (χ2v) is 13.6.